The molecule has 2 aliphatic carbocycles. The Morgan fingerprint density at radius 1 is 1.35 bits per heavy atom. The van der Waals surface area contributed by atoms with E-state index < -0.39 is 6.10 Å². The molecule has 4 heteroatoms. The third-order valence-corrected chi connectivity index (χ3v) is 5.13. The van der Waals surface area contributed by atoms with Crippen LogP contribution in [0.2, 0.25) is 0 Å². The van der Waals surface area contributed by atoms with Gasteiger partial charge in [0.15, 0.2) is 0 Å². The van der Waals surface area contributed by atoms with E-state index in [2.05, 4.69) is 22.0 Å². The fourth-order valence-corrected chi connectivity index (χ4v) is 3.59. The molecule has 2 aliphatic rings. The van der Waals surface area contributed by atoms with Crippen LogP contribution in [0, 0.1) is 5.92 Å². The maximum absolute atomic E-state index is 10.1. The topological polar surface area (TPSA) is 55.5 Å². The second-order valence-electron chi connectivity index (χ2n) is 5.86. The summed E-state index contributed by atoms with van der Waals surface area (Å²) in [5.41, 5.74) is 6.52. The lowest BCUT2D eigenvalue weighted by molar-refractivity contribution is 0.146. The molecule has 2 rings (SSSR count). The summed E-state index contributed by atoms with van der Waals surface area (Å²) >= 11 is 3.61. The van der Waals surface area contributed by atoms with Crippen molar-refractivity contribution in [3.05, 3.63) is 23.5 Å². The van der Waals surface area contributed by atoms with Crippen molar-refractivity contribution in [1.82, 2.24) is 0 Å². The summed E-state index contributed by atoms with van der Waals surface area (Å²) < 4.78 is 5.95. The molecule has 1 saturated carbocycles. The largest absolute Gasteiger partial charge is 0.494 e. The van der Waals surface area contributed by atoms with Gasteiger partial charge in [0.25, 0.3) is 0 Å². The zero-order valence-electron chi connectivity index (χ0n) is 12.1. The van der Waals surface area contributed by atoms with Gasteiger partial charge in [-0.15, -0.1) is 0 Å². The first-order chi connectivity index (χ1) is 9.70. The average molecular weight is 344 g/mol. The van der Waals surface area contributed by atoms with Gasteiger partial charge >= 0.3 is 0 Å². The van der Waals surface area contributed by atoms with Crippen LogP contribution >= 0.6 is 15.9 Å². The Kier molecular flexibility index (Phi) is 6.59. The monoisotopic (exact) mass is 343 g/mol. The summed E-state index contributed by atoms with van der Waals surface area (Å²) in [6, 6.07) is 0. The van der Waals surface area contributed by atoms with Gasteiger partial charge in [0.05, 0.1) is 12.7 Å². The minimum absolute atomic E-state index is 0.200. The van der Waals surface area contributed by atoms with Crippen LogP contribution in [0.5, 0.6) is 0 Å². The zero-order valence-corrected chi connectivity index (χ0v) is 13.6. The quantitative estimate of drug-likeness (QED) is 0.727. The number of hydrogen-bond acceptors (Lipinski definition) is 3. The lowest BCUT2D eigenvalue weighted by Gasteiger charge is -2.26. The van der Waals surface area contributed by atoms with Crippen LogP contribution in [0.1, 0.15) is 44.9 Å². The lowest BCUT2D eigenvalue weighted by atomic mass is 9.90. The molecule has 0 aromatic rings. The first kappa shape index (κ1) is 16.1. The average Bonchev–Trinajstić information content (AvgIpc) is 2.47. The van der Waals surface area contributed by atoms with E-state index >= 15 is 0 Å². The maximum Gasteiger partial charge on any atom is 0.115 e. The van der Waals surface area contributed by atoms with E-state index in [0.717, 1.165) is 24.4 Å². The van der Waals surface area contributed by atoms with Crippen molar-refractivity contribution in [2.45, 2.75) is 55.9 Å². The fourth-order valence-electron chi connectivity index (χ4n) is 2.97. The van der Waals surface area contributed by atoms with E-state index in [0.29, 0.717) is 18.9 Å². The van der Waals surface area contributed by atoms with Gasteiger partial charge in [-0.05, 0) is 55.9 Å². The minimum Gasteiger partial charge on any atom is -0.494 e. The van der Waals surface area contributed by atoms with Crippen LogP contribution in [0.25, 0.3) is 0 Å². The Balaban J connectivity index is 1.87. The van der Waals surface area contributed by atoms with Crippen LogP contribution in [-0.2, 0) is 4.74 Å². The predicted molar refractivity (Wildman–Crippen MR) is 85.7 cm³/mol. The SMILES string of the molecule is NCCC(O)C1=CC(OCC2CCCCC2)=CCC1Br. The van der Waals surface area contributed by atoms with Gasteiger partial charge in [-0.3, -0.25) is 0 Å². The number of halogens is 1. The van der Waals surface area contributed by atoms with Gasteiger partial charge in [-0.2, -0.15) is 0 Å². The van der Waals surface area contributed by atoms with E-state index in [-0.39, 0.29) is 4.83 Å². The second kappa shape index (κ2) is 8.20. The molecule has 2 atom stereocenters. The van der Waals surface area contributed by atoms with Crippen molar-refractivity contribution in [3.8, 4) is 0 Å². The predicted octanol–water partition coefficient (Wildman–Crippen LogP) is 3.27. The Hall–Kier alpha value is -0.320. The molecular formula is C16H26BrNO2. The Labute approximate surface area is 130 Å². The van der Waals surface area contributed by atoms with Crippen molar-refractivity contribution in [3.63, 3.8) is 0 Å². The highest BCUT2D eigenvalue weighted by molar-refractivity contribution is 9.09. The van der Waals surface area contributed by atoms with Gasteiger partial charge in [0.1, 0.15) is 5.76 Å². The van der Waals surface area contributed by atoms with E-state index in [1.165, 1.54) is 32.1 Å². The molecule has 0 radical (unpaired) electrons. The molecule has 0 aliphatic heterocycles. The van der Waals surface area contributed by atoms with Gasteiger partial charge in [0, 0.05) is 4.83 Å². The van der Waals surface area contributed by atoms with Gasteiger partial charge < -0.3 is 15.6 Å². The molecule has 3 nitrogen and oxygen atoms in total. The molecule has 114 valence electrons. The third kappa shape index (κ3) is 4.61. The van der Waals surface area contributed by atoms with Gasteiger partial charge in [0.2, 0.25) is 0 Å². The fraction of sp³-hybridized carbons (Fsp3) is 0.750. The molecule has 20 heavy (non-hydrogen) atoms. The van der Waals surface area contributed by atoms with Gasteiger partial charge in [-0.1, -0.05) is 35.2 Å². The van der Waals surface area contributed by atoms with Crippen LogP contribution in [0.3, 0.4) is 0 Å². The molecule has 0 amide bonds. The van der Waals surface area contributed by atoms with E-state index in [1.54, 1.807) is 0 Å². The third-order valence-electron chi connectivity index (χ3n) is 4.23. The first-order valence-electron chi connectivity index (χ1n) is 7.77. The molecule has 2 unspecified atom stereocenters. The van der Waals surface area contributed by atoms with Gasteiger partial charge in [-0.25, -0.2) is 0 Å². The van der Waals surface area contributed by atoms with Crippen LogP contribution in [0.4, 0.5) is 0 Å². The highest BCUT2D eigenvalue weighted by atomic mass is 79.9. The van der Waals surface area contributed by atoms with Crippen LogP contribution < -0.4 is 5.73 Å². The number of aliphatic hydroxyl groups is 1. The molecule has 0 bridgehead atoms. The summed E-state index contributed by atoms with van der Waals surface area (Å²) in [5.74, 6) is 1.62. The number of nitrogens with two attached hydrogens (primary N) is 1. The zero-order chi connectivity index (χ0) is 14.4. The molecule has 0 aromatic carbocycles. The van der Waals surface area contributed by atoms with Crippen molar-refractivity contribution in [2.75, 3.05) is 13.2 Å². The number of alkyl halides is 1. The number of allylic oxidation sites excluding steroid dienone is 2. The maximum atomic E-state index is 10.1. The molecular weight excluding hydrogens is 318 g/mol. The first-order valence-corrected chi connectivity index (χ1v) is 8.69. The highest BCUT2D eigenvalue weighted by Crippen LogP contribution is 2.30. The highest BCUT2D eigenvalue weighted by Gasteiger charge is 2.22. The Bertz CT molecular complexity index is 361. The number of rotatable bonds is 6. The molecule has 0 heterocycles. The summed E-state index contributed by atoms with van der Waals surface area (Å²) in [5, 5.41) is 10.1. The number of ether oxygens (including phenoxy) is 1. The summed E-state index contributed by atoms with van der Waals surface area (Å²) in [6.07, 6.45) is 11.7. The summed E-state index contributed by atoms with van der Waals surface area (Å²) in [7, 11) is 0. The second-order valence-corrected chi connectivity index (χ2v) is 6.97. The van der Waals surface area contributed by atoms with Crippen molar-refractivity contribution in [1.29, 1.82) is 0 Å². The number of aliphatic hydroxyl groups excluding tert-OH is 1. The molecule has 0 aromatic heterocycles. The molecule has 0 spiro atoms. The Morgan fingerprint density at radius 2 is 2.10 bits per heavy atom. The van der Waals surface area contributed by atoms with E-state index in [1.807, 2.05) is 6.08 Å². The summed E-state index contributed by atoms with van der Waals surface area (Å²) in [6.45, 7) is 1.32. The molecule has 1 fully saturated rings. The van der Waals surface area contributed by atoms with E-state index in [9.17, 15) is 5.11 Å². The normalized spacial score (nSPS) is 25.9. The standard InChI is InChI=1S/C16H26BrNO2/c17-15-7-6-13(10-14(15)16(19)8-9-18)20-11-12-4-2-1-3-5-12/h6,10,12,15-16,19H,1-5,7-9,11,18H2. The van der Waals surface area contributed by atoms with Crippen LogP contribution in [0.15, 0.2) is 23.5 Å². The van der Waals surface area contributed by atoms with Crippen molar-refractivity contribution >= 4 is 15.9 Å². The minimum atomic E-state index is -0.466. The van der Waals surface area contributed by atoms with Crippen molar-refractivity contribution < 1.29 is 9.84 Å². The lowest BCUT2D eigenvalue weighted by Crippen LogP contribution is -2.23. The molecule has 0 saturated heterocycles. The smallest absolute Gasteiger partial charge is 0.115 e. The summed E-state index contributed by atoms with van der Waals surface area (Å²) in [4.78, 5) is 0.200. The van der Waals surface area contributed by atoms with Crippen LogP contribution in [-0.4, -0.2) is 29.2 Å². The van der Waals surface area contributed by atoms with Crippen molar-refractivity contribution in [2.24, 2.45) is 11.7 Å². The number of hydrogen-bond donors (Lipinski definition) is 2. The molecule has 3 N–H and O–H groups in total. The Morgan fingerprint density at radius 3 is 2.80 bits per heavy atom. The van der Waals surface area contributed by atoms with E-state index in [4.69, 9.17) is 10.5 Å².